The minimum atomic E-state index is -0.780. The van der Waals surface area contributed by atoms with Gasteiger partial charge in [-0.05, 0) is 49.9 Å². The van der Waals surface area contributed by atoms with Crippen LogP contribution in [0.2, 0.25) is 0 Å². The number of carboxylic acids is 1. The first-order valence-electron chi connectivity index (χ1n) is 8.33. The van der Waals surface area contributed by atoms with E-state index in [4.69, 9.17) is 0 Å². The van der Waals surface area contributed by atoms with Gasteiger partial charge in [-0.2, -0.15) is 0 Å². The third-order valence-corrected chi connectivity index (χ3v) is 5.37. The molecule has 2 saturated carbocycles. The molecule has 0 aromatic heterocycles. The fraction of sp³-hybridized carbons (Fsp3) is 0.875. The molecule has 0 radical (unpaired) electrons. The van der Waals surface area contributed by atoms with Gasteiger partial charge in [-0.1, -0.05) is 13.3 Å². The molecular weight excluding hydrogens is 268 g/mol. The highest BCUT2D eigenvalue weighted by molar-refractivity contribution is 5.77. The number of hydrogen-bond acceptors (Lipinski definition) is 2. The minimum Gasteiger partial charge on any atom is -0.481 e. The predicted octanol–water partition coefficient (Wildman–Crippen LogP) is 2.32. The lowest BCUT2D eigenvalue weighted by Gasteiger charge is -2.39. The van der Waals surface area contributed by atoms with E-state index in [-0.39, 0.29) is 11.9 Å². The van der Waals surface area contributed by atoms with E-state index in [1.165, 1.54) is 32.1 Å². The molecule has 0 spiro atoms. The lowest BCUT2D eigenvalue weighted by atomic mass is 9.78. The topological polar surface area (TPSA) is 69.6 Å². The zero-order valence-electron chi connectivity index (χ0n) is 12.8. The first kappa shape index (κ1) is 14.7. The van der Waals surface area contributed by atoms with Gasteiger partial charge in [0.1, 0.15) is 0 Å². The van der Waals surface area contributed by atoms with Crippen LogP contribution < -0.4 is 5.32 Å². The van der Waals surface area contributed by atoms with E-state index in [9.17, 15) is 14.7 Å². The van der Waals surface area contributed by atoms with Crippen molar-refractivity contribution < 1.29 is 14.7 Å². The van der Waals surface area contributed by atoms with E-state index in [0.29, 0.717) is 37.4 Å². The van der Waals surface area contributed by atoms with E-state index < -0.39 is 11.9 Å². The summed E-state index contributed by atoms with van der Waals surface area (Å²) in [6.45, 7) is 3.06. The molecule has 21 heavy (non-hydrogen) atoms. The molecule has 3 fully saturated rings. The van der Waals surface area contributed by atoms with E-state index in [0.717, 1.165) is 0 Å². The van der Waals surface area contributed by atoms with Gasteiger partial charge < -0.3 is 15.3 Å². The number of rotatable bonds is 4. The van der Waals surface area contributed by atoms with Crippen molar-refractivity contribution in [1.82, 2.24) is 10.2 Å². The number of carbonyl (C=O) groups excluding carboxylic acids is 1. The Kier molecular flexibility index (Phi) is 4.09. The number of carboxylic acid groups (broad SMARTS) is 1. The number of carbonyl (C=O) groups is 2. The highest BCUT2D eigenvalue weighted by Crippen LogP contribution is 2.42. The highest BCUT2D eigenvalue weighted by Gasteiger charge is 2.41. The fourth-order valence-electron chi connectivity index (χ4n) is 3.81. The van der Waals surface area contributed by atoms with Crippen LogP contribution in [0, 0.1) is 23.7 Å². The zero-order chi connectivity index (χ0) is 15.0. The Bertz CT molecular complexity index is 418. The second kappa shape index (κ2) is 5.85. The number of piperidine rings is 1. The number of amides is 2. The maximum atomic E-state index is 12.5. The molecule has 1 saturated heterocycles. The van der Waals surface area contributed by atoms with Crippen LogP contribution in [0.1, 0.15) is 45.4 Å². The molecule has 3 unspecified atom stereocenters. The van der Waals surface area contributed by atoms with Gasteiger partial charge in [-0.25, -0.2) is 4.79 Å². The van der Waals surface area contributed by atoms with Crippen molar-refractivity contribution in [2.45, 2.75) is 51.5 Å². The summed E-state index contributed by atoms with van der Waals surface area (Å²) in [6.07, 6.45) is 6.88. The second-order valence-corrected chi connectivity index (χ2v) is 7.28. The monoisotopic (exact) mass is 294 g/mol. The molecule has 0 bridgehead atoms. The van der Waals surface area contributed by atoms with Gasteiger partial charge in [0.15, 0.2) is 0 Å². The number of aliphatic carboxylic acids is 1. The summed E-state index contributed by atoms with van der Waals surface area (Å²) >= 11 is 0. The summed E-state index contributed by atoms with van der Waals surface area (Å²) in [6, 6.07) is 0.281. The van der Waals surface area contributed by atoms with Crippen LogP contribution in [0.3, 0.4) is 0 Å². The lowest BCUT2D eigenvalue weighted by molar-refractivity contribution is -0.143. The molecule has 1 heterocycles. The average Bonchev–Trinajstić information content (AvgIpc) is 3.19. The van der Waals surface area contributed by atoms with Gasteiger partial charge in [-0.15, -0.1) is 0 Å². The average molecular weight is 294 g/mol. The van der Waals surface area contributed by atoms with Crippen LogP contribution in [0.4, 0.5) is 4.79 Å². The summed E-state index contributed by atoms with van der Waals surface area (Å²) in [7, 11) is 0. The van der Waals surface area contributed by atoms with Crippen LogP contribution >= 0.6 is 0 Å². The fourth-order valence-corrected chi connectivity index (χ4v) is 3.81. The van der Waals surface area contributed by atoms with Crippen molar-refractivity contribution in [3.05, 3.63) is 0 Å². The Balaban J connectivity index is 1.59. The Morgan fingerprint density at radius 1 is 1.14 bits per heavy atom. The third kappa shape index (κ3) is 3.33. The van der Waals surface area contributed by atoms with Crippen LogP contribution in [-0.2, 0) is 4.79 Å². The second-order valence-electron chi connectivity index (χ2n) is 7.28. The molecule has 5 nitrogen and oxygen atoms in total. The molecule has 2 aliphatic carbocycles. The van der Waals surface area contributed by atoms with Crippen LogP contribution in [0.25, 0.3) is 0 Å². The summed E-state index contributed by atoms with van der Waals surface area (Å²) in [5.74, 6) is 0.379. The number of nitrogens with one attached hydrogen (secondary N) is 1. The molecule has 5 heteroatoms. The van der Waals surface area contributed by atoms with E-state index in [1.54, 1.807) is 4.90 Å². The Morgan fingerprint density at radius 2 is 1.81 bits per heavy atom. The summed E-state index contributed by atoms with van der Waals surface area (Å²) in [4.78, 5) is 25.5. The normalized spacial score (nSPS) is 31.4. The van der Waals surface area contributed by atoms with Crippen molar-refractivity contribution in [2.75, 3.05) is 13.1 Å². The van der Waals surface area contributed by atoms with Gasteiger partial charge in [0.2, 0.25) is 0 Å². The predicted molar refractivity (Wildman–Crippen MR) is 78.9 cm³/mol. The first-order valence-corrected chi connectivity index (χ1v) is 8.33. The largest absolute Gasteiger partial charge is 0.481 e. The summed E-state index contributed by atoms with van der Waals surface area (Å²) in [5, 5.41) is 12.4. The molecule has 0 aromatic carbocycles. The first-order chi connectivity index (χ1) is 10.0. The summed E-state index contributed by atoms with van der Waals surface area (Å²) < 4.78 is 0. The molecule has 3 rings (SSSR count). The Labute approximate surface area is 126 Å². The van der Waals surface area contributed by atoms with Gasteiger partial charge in [0.05, 0.1) is 5.92 Å². The zero-order valence-corrected chi connectivity index (χ0v) is 12.8. The molecular formula is C16H26N2O3. The van der Waals surface area contributed by atoms with Crippen molar-refractivity contribution in [2.24, 2.45) is 23.7 Å². The van der Waals surface area contributed by atoms with Gasteiger partial charge in [-0.3, -0.25) is 4.79 Å². The van der Waals surface area contributed by atoms with Crippen molar-refractivity contribution in [1.29, 1.82) is 0 Å². The number of nitrogens with zero attached hydrogens (tertiary/aromatic N) is 1. The third-order valence-electron chi connectivity index (χ3n) is 5.37. The van der Waals surface area contributed by atoms with E-state index in [2.05, 4.69) is 5.32 Å². The lowest BCUT2D eigenvalue weighted by Crippen LogP contribution is -2.54. The van der Waals surface area contributed by atoms with Gasteiger partial charge in [0.25, 0.3) is 0 Å². The SMILES string of the molecule is CC1CC(C(=O)O)CN(C(=O)NC(C2CCC2)C2CC2)C1. The maximum Gasteiger partial charge on any atom is 0.317 e. The molecule has 3 aliphatic rings. The van der Waals surface area contributed by atoms with Gasteiger partial charge >= 0.3 is 12.0 Å². The van der Waals surface area contributed by atoms with Crippen molar-refractivity contribution in [3.63, 3.8) is 0 Å². The van der Waals surface area contributed by atoms with Gasteiger partial charge in [0, 0.05) is 19.1 Å². The van der Waals surface area contributed by atoms with Crippen molar-refractivity contribution in [3.8, 4) is 0 Å². The molecule has 1 aliphatic heterocycles. The van der Waals surface area contributed by atoms with Crippen LogP contribution in [-0.4, -0.2) is 41.1 Å². The van der Waals surface area contributed by atoms with E-state index >= 15 is 0 Å². The highest BCUT2D eigenvalue weighted by atomic mass is 16.4. The van der Waals surface area contributed by atoms with Crippen LogP contribution in [0.15, 0.2) is 0 Å². The summed E-state index contributed by atoms with van der Waals surface area (Å²) in [5.41, 5.74) is 0. The Morgan fingerprint density at radius 3 is 2.33 bits per heavy atom. The number of likely N-dealkylation sites (tertiary alicyclic amines) is 1. The van der Waals surface area contributed by atoms with Crippen LogP contribution in [0.5, 0.6) is 0 Å². The molecule has 0 aromatic rings. The van der Waals surface area contributed by atoms with E-state index in [1.807, 2.05) is 6.92 Å². The number of urea groups is 1. The molecule has 118 valence electrons. The minimum absolute atomic E-state index is 0.0448. The van der Waals surface area contributed by atoms with Crippen molar-refractivity contribution >= 4 is 12.0 Å². The quantitative estimate of drug-likeness (QED) is 0.836. The molecule has 2 amide bonds. The number of hydrogen-bond donors (Lipinski definition) is 2. The standard InChI is InChI=1S/C16H26N2O3/c1-10-7-13(15(19)20)9-18(8-10)16(21)17-14(12-5-6-12)11-3-2-4-11/h10-14H,2-9H2,1H3,(H,17,21)(H,19,20). The smallest absolute Gasteiger partial charge is 0.317 e. The molecule has 2 N–H and O–H groups in total. The Hall–Kier alpha value is -1.26. The maximum absolute atomic E-state index is 12.5. The molecule has 3 atom stereocenters.